The number of amides is 1. The highest BCUT2D eigenvalue weighted by Crippen LogP contribution is 2.13. The zero-order valence-corrected chi connectivity index (χ0v) is 13.4. The summed E-state index contributed by atoms with van der Waals surface area (Å²) in [4.78, 5) is 16.3. The number of rotatable bonds is 3. The fourth-order valence-corrected chi connectivity index (χ4v) is 2.69. The number of carbonyl (C=O) groups excluding carboxylic acids is 1. The van der Waals surface area contributed by atoms with Crippen LogP contribution in [0.2, 0.25) is 0 Å². The molecule has 2 aromatic rings. The number of nitrogens with zero attached hydrogens (tertiary/aromatic N) is 2. The highest BCUT2D eigenvalue weighted by atomic mass is 16.6. The summed E-state index contributed by atoms with van der Waals surface area (Å²) in [5.41, 5.74) is 2.60. The van der Waals surface area contributed by atoms with Gasteiger partial charge in [0.15, 0.2) is 0 Å². The molecule has 4 heteroatoms. The molecule has 0 spiro atoms. The summed E-state index contributed by atoms with van der Waals surface area (Å²) in [5.74, 6) is 0.597. The van der Waals surface area contributed by atoms with Crippen LogP contribution in [0.1, 0.15) is 11.1 Å². The smallest absolute Gasteiger partial charge is 0.410 e. The maximum absolute atomic E-state index is 12.2. The topological polar surface area (TPSA) is 32.8 Å². The number of hydrogen-bond donors (Lipinski definition) is 0. The first-order chi connectivity index (χ1) is 11.2. The van der Waals surface area contributed by atoms with Crippen molar-refractivity contribution in [3.8, 4) is 5.75 Å². The van der Waals surface area contributed by atoms with Crippen LogP contribution in [0.15, 0.2) is 54.6 Å². The van der Waals surface area contributed by atoms with Crippen molar-refractivity contribution in [3.05, 3.63) is 65.7 Å². The Morgan fingerprint density at radius 1 is 0.957 bits per heavy atom. The van der Waals surface area contributed by atoms with E-state index in [1.165, 1.54) is 11.1 Å². The quantitative estimate of drug-likeness (QED) is 0.872. The van der Waals surface area contributed by atoms with Crippen molar-refractivity contribution in [2.75, 3.05) is 26.2 Å². The zero-order valence-electron chi connectivity index (χ0n) is 13.4. The summed E-state index contributed by atoms with van der Waals surface area (Å²) in [7, 11) is 0. The summed E-state index contributed by atoms with van der Waals surface area (Å²) >= 11 is 0. The Labute approximate surface area is 137 Å². The predicted molar refractivity (Wildman–Crippen MR) is 90.5 cm³/mol. The molecule has 23 heavy (non-hydrogen) atoms. The van der Waals surface area contributed by atoms with E-state index in [1.54, 1.807) is 17.0 Å². The largest absolute Gasteiger partial charge is 0.415 e. The molecule has 0 unspecified atom stereocenters. The normalized spacial score (nSPS) is 15.4. The molecule has 4 nitrogen and oxygen atoms in total. The van der Waals surface area contributed by atoms with Gasteiger partial charge >= 0.3 is 6.09 Å². The van der Waals surface area contributed by atoms with Crippen LogP contribution in [0.4, 0.5) is 4.79 Å². The summed E-state index contributed by atoms with van der Waals surface area (Å²) in [6.45, 7) is 6.19. The third-order valence-corrected chi connectivity index (χ3v) is 4.11. The van der Waals surface area contributed by atoms with E-state index in [4.69, 9.17) is 4.74 Å². The molecule has 0 bridgehead atoms. The molecule has 2 aromatic carbocycles. The molecule has 0 aliphatic carbocycles. The third-order valence-electron chi connectivity index (χ3n) is 4.11. The second-order valence-electron chi connectivity index (χ2n) is 5.93. The van der Waals surface area contributed by atoms with Gasteiger partial charge in [-0.15, -0.1) is 0 Å². The third kappa shape index (κ3) is 4.33. The van der Waals surface area contributed by atoms with Gasteiger partial charge in [0.1, 0.15) is 5.75 Å². The molecule has 0 radical (unpaired) electrons. The van der Waals surface area contributed by atoms with Crippen LogP contribution < -0.4 is 4.74 Å². The highest BCUT2D eigenvalue weighted by Gasteiger charge is 2.22. The molecular weight excluding hydrogens is 288 g/mol. The van der Waals surface area contributed by atoms with E-state index in [-0.39, 0.29) is 6.09 Å². The van der Waals surface area contributed by atoms with Crippen LogP contribution in [-0.2, 0) is 6.54 Å². The van der Waals surface area contributed by atoms with Gasteiger partial charge in [0.25, 0.3) is 0 Å². The maximum Gasteiger partial charge on any atom is 0.415 e. The number of benzene rings is 2. The number of aryl methyl sites for hydroxylation is 1. The number of hydrogen-bond acceptors (Lipinski definition) is 3. The Hall–Kier alpha value is -2.33. The maximum atomic E-state index is 12.2. The summed E-state index contributed by atoms with van der Waals surface area (Å²) < 4.78 is 5.39. The molecule has 0 saturated carbocycles. The summed E-state index contributed by atoms with van der Waals surface area (Å²) in [5, 5.41) is 0. The molecule has 0 atom stereocenters. The first-order valence-electron chi connectivity index (χ1n) is 8.00. The number of piperazine rings is 1. The Morgan fingerprint density at radius 2 is 1.61 bits per heavy atom. The molecule has 1 heterocycles. The minimum Gasteiger partial charge on any atom is -0.410 e. The molecule has 1 aliphatic rings. The standard InChI is InChI=1S/C19H22N2O2/c1-16-7-9-17(10-8-16)15-20-11-13-21(14-12-20)19(22)23-18-5-3-2-4-6-18/h2-10H,11-15H2,1H3. The minimum absolute atomic E-state index is 0.258. The molecular formula is C19H22N2O2. The van der Waals surface area contributed by atoms with Crippen molar-refractivity contribution in [2.45, 2.75) is 13.5 Å². The average Bonchev–Trinajstić information content (AvgIpc) is 2.58. The van der Waals surface area contributed by atoms with E-state index in [0.717, 1.165) is 19.6 Å². The second kappa shape index (κ2) is 7.29. The average molecular weight is 310 g/mol. The lowest BCUT2D eigenvalue weighted by atomic mass is 10.1. The van der Waals surface area contributed by atoms with Crippen LogP contribution >= 0.6 is 0 Å². The molecule has 0 N–H and O–H groups in total. The molecule has 1 fully saturated rings. The lowest BCUT2D eigenvalue weighted by molar-refractivity contribution is 0.108. The fourth-order valence-electron chi connectivity index (χ4n) is 2.69. The van der Waals surface area contributed by atoms with Crippen LogP contribution in [-0.4, -0.2) is 42.1 Å². The van der Waals surface area contributed by atoms with Gasteiger partial charge in [-0.1, -0.05) is 48.0 Å². The molecule has 1 amide bonds. The first kappa shape index (κ1) is 15.6. The van der Waals surface area contributed by atoms with Gasteiger partial charge in [-0.05, 0) is 24.6 Å². The minimum atomic E-state index is -0.258. The first-order valence-corrected chi connectivity index (χ1v) is 8.00. The number of carbonyl (C=O) groups is 1. The molecule has 1 saturated heterocycles. The Balaban J connectivity index is 1.48. The van der Waals surface area contributed by atoms with Crippen LogP contribution in [0, 0.1) is 6.92 Å². The monoisotopic (exact) mass is 310 g/mol. The number of ether oxygens (including phenoxy) is 1. The second-order valence-corrected chi connectivity index (χ2v) is 5.93. The molecule has 3 rings (SSSR count). The fraction of sp³-hybridized carbons (Fsp3) is 0.316. The number of para-hydroxylation sites is 1. The Bertz CT molecular complexity index is 632. The van der Waals surface area contributed by atoms with Gasteiger partial charge in [0.2, 0.25) is 0 Å². The van der Waals surface area contributed by atoms with Crippen molar-refractivity contribution < 1.29 is 9.53 Å². The van der Waals surface area contributed by atoms with E-state index < -0.39 is 0 Å². The highest BCUT2D eigenvalue weighted by molar-refractivity contribution is 5.70. The van der Waals surface area contributed by atoms with E-state index in [2.05, 4.69) is 36.1 Å². The van der Waals surface area contributed by atoms with Gasteiger partial charge < -0.3 is 9.64 Å². The lowest BCUT2D eigenvalue weighted by Gasteiger charge is -2.34. The van der Waals surface area contributed by atoms with Gasteiger partial charge in [-0.3, -0.25) is 4.90 Å². The van der Waals surface area contributed by atoms with Crippen molar-refractivity contribution in [1.29, 1.82) is 0 Å². The van der Waals surface area contributed by atoms with Gasteiger partial charge in [-0.2, -0.15) is 0 Å². The zero-order chi connectivity index (χ0) is 16.1. The van der Waals surface area contributed by atoms with Gasteiger partial charge in [0, 0.05) is 32.7 Å². The van der Waals surface area contributed by atoms with E-state index >= 15 is 0 Å². The SMILES string of the molecule is Cc1ccc(CN2CCN(C(=O)Oc3ccccc3)CC2)cc1. The van der Waals surface area contributed by atoms with Crippen molar-refractivity contribution in [3.63, 3.8) is 0 Å². The van der Waals surface area contributed by atoms with E-state index in [9.17, 15) is 4.79 Å². The summed E-state index contributed by atoms with van der Waals surface area (Å²) in [6.07, 6.45) is -0.258. The molecule has 120 valence electrons. The van der Waals surface area contributed by atoms with Crippen molar-refractivity contribution in [2.24, 2.45) is 0 Å². The Kier molecular flexibility index (Phi) is 4.93. The molecule has 0 aromatic heterocycles. The van der Waals surface area contributed by atoms with E-state index in [0.29, 0.717) is 18.8 Å². The predicted octanol–water partition coefficient (Wildman–Crippen LogP) is 3.31. The van der Waals surface area contributed by atoms with Crippen LogP contribution in [0.3, 0.4) is 0 Å². The lowest BCUT2D eigenvalue weighted by Crippen LogP contribution is -2.49. The summed E-state index contributed by atoms with van der Waals surface area (Å²) in [6, 6.07) is 17.9. The molecule has 1 aliphatic heterocycles. The van der Waals surface area contributed by atoms with E-state index in [1.807, 2.05) is 18.2 Å². The van der Waals surface area contributed by atoms with Crippen LogP contribution in [0.25, 0.3) is 0 Å². The van der Waals surface area contributed by atoms with Gasteiger partial charge in [0.05, 0.1) is 0 Å². The van der Waals surface area contributed by atoms with Crippen molar-refractivity contribution in [1.82, 2.24) is 9.80 Å². The van der Waals surface area contributed by atoms with Crippen LogP contribution in [0.5, 0.6) is 5.75 Å². The van der Waals surface area contributed by atoms with Gasteiger partial charge in [-0.25, -0.2) is 4.79 Å². The van der Waals surface area contributed by atoms with Crippen molar-refractivity contribution >= 4 is 6.09 Å². The Morgan fingerprint density at radius 3 is 2.26 bits per heavy atom.